The van der Waals surface area contributed by atoms with Crippen molar-refractivity contribution in [2.75, 3.05) is 7.11 Å². The Morgan fingerprint density at radius 1 is 0.963 bits per heavy atom. The monoisotopic (exact) mass is 383 g/mol. The van der Waals surface area contributed by atoms with Crippen molar-refractivity contribution in [2.24, 2.45) is 0 Å². The van der Waals surface area contributed by atoms with Gasteiger partial charge >= 0.3 is 0 Å². The highest BCUT2D eigenvalue weighted by atomic mass is 32.1. The molecule has 0 amide bonds. The van der Waals surface area contributed by atoms with Gasteiger partial charge in [0.05, 0.1) is 23.8 Å². The first-order valence-electron chi connectivity index (χ1n) is 9.06. The van der Waals surface area contributed by atoms with E-state index in [1.807, 2.05) is 24.3 Å². The largest absolute Gasteiger partial charge is 0.497 e. The van der Waals surface area contributed by atoms with E-state index in [0.29, 0.717) is 17.8 Å². The third-order valence-electron chi connectivity index (χ3n) is 4.46. The lowest BCUT2D eigenvalue weighted by atomic mass is 10.1. The Morgan fingerprint density at radius 3 is 2.19 bits per heavy atom. The maximum atomic E-state index is 10.5. The first-order valence-corrected chi connectivity index (χ1v) is 9.88. The summed E-state index contributed by atoms with van der Waals surface area (Å²) in [6.07, 6.45) is -0.0861. The molecule has 2 N–H and O–H groups in total. The summed E-state index contributed by atoms with van der Waals surface area (Å²) in [6.45, 7) is 3.79. The predicted molar refractivity (Wildman–Crippen MR) is 110 cm³/mol. The molecule has 2 unspecified atom stereocenters. The van der Waals surface area contributed by atoms with Crippen molar-refractivity contribution in [1.29, 1.82) is 0 Å². The molecule has 2 atom stereocenters. The average molecular weight is 384 g/mol. The van der Waals surface area contributed by atoms with Crippen LogP contribution < -0.4 is 4.74 Å². The number of aliphatic hydroxyl groups is 2. The minimum Gasteiger partial charge on any atom is -0.497 e. The summed E-state index contributed by atoms with van der Waals surface area (Å²) >= 11 is 1.51. The Hall–Kier alpha value is -2.21. The maximum Gasteiger partial charge on any atom is 0.123 e. The third-order valence-corrected chi connectivity index (χ3v) is 5.67. The molecule has 142 valence electrons. The summed E-state index contributed by atoms with van der Waals surface area (Å²) in [6, 6.07) is 16.1. The summed E-state index contributed by atoms with van der Waals surface area (Å²) in [5.74, 6) is 0.794. The van der Waals surface area contributed by atoms with Crippen LogP contribution in [-0.4, -0.2) is 28.4 Å². The van der Waals surface area contributed by atoms with Crippen LogP contribution in [0, 0.1) is 6.92 Å². The lowest BCUT2D eigenvalue weighted by Crippen LogP contribution is -2.04. The number of rotatable bonds is 7. The van der Waals surface area contributed by atoms with E-state index in [1.54, 1.807) is 14.0 Å². The Balaban J connectivity index is 2.01. The Morgan fingerprint density at radius 2 is 1.59 bits per heavy atom. The minimum atomic E-state index is -0.680. The van der Waals surface area contributed by atoms with Gasteiger partial charge in [-0.3, -0.25) is 0 Å². The van der Waals surface area contributed by atoms with Crippen LogP contribution in [0.2, 0.25) is 0 Å². The van der Waals surface area contributed by atoms with Crippen LogP contribution >= 0.6 is 11.3 Å². The Labute approximate surface area is 164 Å². The summed E-state index contributed by atoms with van der Waals surface area (Å²) < 4.78 is 5.25. The molecular formula is C22H25NO3S. The van der Waals surface area contributed by atoms with Gasteiger partial charge in [-0.25, -0.2) is 4.98 Å². The van der Waals surface area contributed by atoms with Gasteiger partial charge in [-0.15, -0.1) is 11.3 Å². The van der Waals surface area contributed by atoms with Crippen LogP contribution in [0.3, 0.4) is 0 Å². The molecule has 0 fully saturated rings. The second-order valence-corrected chi connectivity index (χ2v) is 7.80. The lowest BCUT2D eigenvalue weighted by molar-refractivity contribution is 0.123. The van der Waals surface area contributed by atoms with Crippen molar-refractivity contribution in [2.45, 2.75) is 38.9 Å². The molecule has 0 aliphatic heterocycles. The number of nitrogens with zero attached hydrogens (tertiary/aromatic N) is 1. The second-order valence-electron chi connectivity index (χ2n) is 6.77. The van der Waals surface area contributed by atoms with Crippen molar-refractivity contribution in [3.63, 3.8) is 0 Å². The minimum absolute atomic E-state index is 0.433. The Kier molecular flexibility index (Phi) is 6.26. The number of methoxy groups -OCH3 is 1. The fourth-order valence-corrected chi connectivity index (χ4v) is 3.96. The average Bonchev–Trinajstić information content (AvgIpc) is 3.12. The normalized spacial score (nSPS) is 13.4. The van der Waals surface area contributed by atoms with E-state index in [9.17, 15) is 10.2 Å². The van der Waals surface area contributed by atoms with E-state index in [1.165, 1.54) is 16.9 Å². The molecule has 0 spiro atoms. The van der Waals surface area contributed by atoms with E-state index in [-0.39, 0.29) is 0 Å². The van der Waals surface area contributed by atoms with Crippen LogP contribution in [0.1, 0.15) is 36.4 Å². The van der Waals surface area contributed by atoms with Crippen molar-refractivity contribution < 1.29 is 14.9 Å². The molecule has 0 aliphatic rings. The number of aromatic nitrogens is 1. The van der Waals surface area contributed by atoms with Crippen molar-refractivity contribution in [1.82, 2.24) is 4.98 Å². The van der Waals surface area contributed by atoms with Crippen molar-refractivity contribution in [3.8, 4) is 27.4 Å². The summed E-state index contributed by atoms with van der Waals surface area (Å²) in [7, 11) is 1.65. The SMILES string of the molecule is COc1ccc(-c2nc(C(O)CCC(C)O)sc2-c2ccc(C)cc2)cc1. The van der Waals surface area contributed by atoms with Gasteiger partial charge in [-0.2, -0.15) is 0 Å². The van der Waals surface area contributed by atoms with Crippen LogP contribution in [0.4, 0.5) is 0 Å². The Bertz CT molecular complexity index is 870. The van der Waals surface area contributed by atoms with Gasteiger partial charge < -0.3 is 14.9 Å². The molecule has 3 aromatic rings. The zero-order valence-electron chi connectivity index (χ0n) is 15.8. The topological polar surface area (TPSA) is 62.6 Å². The van der Waals surface area contributed by atoms with Crippen LogP contribution in [0.15, 0.2) is 48.5 Å². The first-order chi connectivity index (χ1) is 13.0. The zero-order valence-corrected chi connectivity index (χ0v) is 16.7. The van der Waals surface area contributed by atoms with Gasteiger partial charge in [0.2, 0.25) is 0 Å². The van der Waals surface area contributed by atoms with E-state index >= 15 is 0 Å². The standard InChI is InChI=1S/C22H25NO3S/c1-14-4-7-17(8-5-14)21-20(16-9-11-18(26-3)12-10-16)23-22(27-21)19(25)13-6-15(2)24/h4-5,7-12,15,19,24-25H,6,13H2,1-3H3. The second kappa shape index (κ2) is 8.65. The maximum absolute atomic E-state index is 10.5. The first kappa shape index (κ1) is 19.5. The fraction of sp³-hybridized carbons (Fsp3) is 0.318. The molecule has 1 heterocycles. The fourth-order valence-electron chi connectivity index (χ4n) is 2.85. The highest BCUT2D eigenvalue weighted by Gasteiger charge is 2.20. The van der Waals surface area contributed by atoms with Gasteiger partial charge in [0.25, 0.3) is 0 Å². The number of hydrogen-bond acceptors (Lipinski definition) is 5. The van der Waals surface area contributed by atoms with Crippen molar-refractivity contribution in [3.05, 3.63) is 59.1 Å². The number of aliphatic hydroxyl groups excluding tert-OH is 2. The predicted octanol–water partition coefficient (Wildman–Crippen LogP) is 4.99. The number of ether oxygens (including phenoxy) is 1. The highest BCUT2D eigenvalue weighted by molar-refractivity contribution is 7.15. The van der Waals surface area contributed by atoms with Crippen LogP contribution in [0.25, 0.3) is 21.7 Å². The number of hydrogen-bond donors (Lipinski definition) is 2. The van der Waals surface area contributed by atoms with Crippen LogP contribution in [0.5, 0.6) is 5.75 Å². The molecule has 1 aromatic heterocycles. The summed E-state index contributed by atoms with van der Waals surface area (Å²) in [4.78, 5) is 5.79. The van der Waals surface area contributed by atoms with Crippen LogP contribution in [-0.2, 0) is 0 Å². The molecule has 0 saturated carbocycles. The molecule has 4 nitrogen and oxygen atoms in total. The third kappa shape index (κ3) is 4.75. The van der Waals surface area contributed by atoms with Crippen molar-refractivity contribution >= 4 is 11.3 Å². The molecule has 0 saturated heterocycles. The molecule has 0 aliphatic carbocycles. The van der Waals surface area contributed by atoms with Gasteiger partial charge in [-0.05, 0) is 56.5 Å². The smallest absolute Gasteiger partial charge is 0.123 e. The van der Waals surface area contributed by atoms with Gasteiger partial charge in [0.15, 0.2) is 0 Å². The van der Waals surface area contributed by atoms with E-state index in [0.717, 1.165) is 27.4 Å². The molecule has 5 heteroatoms. The molecule has 2 aromatic carbocycles. The molecular weight excluding hydrogens is 358 g/mol. The lowest BCUT2D eigenvalue weighted by Gasteiger charge is -2.08. The van der Waals surface area contributed by atoms with E-state index < -0.39 is 12.2 Å². The summed E-state index contributed by atoms with van der Waals surface area (Å²) in [5, 5.41) is 20.7. The molecule has 0 radical (unpaired) electrons. The van der Waals surface area contributed by atoms with E-state index in [4.69, 9.17) is 9.72 Å². The zero-order chi connectivity index (χ0) is 19.4. The van der Waals surface area contributed by atoms with Gasteiger partial charge in [-0.1, -0.05) is 29.8 Å². The molecule has 3 rings (SSSR count). The number of aryl methyl sites for hydroxylation is 1. The van der Waals surface area contributed by atoms with Gasteiger partial charge in [0, 0.05) is 5.56 Å². The quantitative estimate of drug-likeness (QED) is 0.603. The van der Waals surface area contributed by atoms with Gasteiger partial charge in [0.1, 0.15) is 16.9 Å². The molecule has 27 heavy (non-hydrogen) atoms. The number of thiazole rings is 1. The number of benzene rings is 2. The van der Waals surface area contributed by atoms with E-state index in [2.05, 4.69) is 31.2 Å². The summed E-state index contributed by atoms with van der Waals surface area (Å²) in [5.41, 5.74) is 4.12. The molecule has 0 bridgehead atoms. The highest BCUT2D eigenvalue weighted by Crippen LogP contribution is 2.40.